The van der Waals surface area contributed by atoms with Gasteiger partial charge in [-0.1, -0.05) is 20.8 Å². The highest BCUT2D eigenvalue weighted by molar-refractivity contribution is 5.66. The smallest absolute Gasteiger partial charge is 0.303 e. The van der Waals surface area contributed by atoms with E-state index in [4.69, 9.17) is 5.11 Å². The standard InChI is InChI=1S/C10H20O3/c1-7(2)9(11)5-4-8(3)6-10(12)13/h7-9,11H,4-6H2,1-3H3,(H,12,13)/t8-,9+/m1/s1. The number of aliphatic hydroxyl groups excluding tert-OH is 1. The van der Waals surface area contributed by atoms with Crippen molar-refractivity contribution in [1.29, 1.82) is 0 Å². The number of hydrogen-bond acceptors (Lipinski definition) is 2. The van der Waals surface area contributed by atoms with Gasteiger partial charge in [0.25, 0.3) is 0 Å². The molecule has 3 heteroatoms. The first-order valence-corrected chi connectivity index (χ1v) is 4.83. The van der Waals surface area contributed by atoms with Gasteiger partial charge in [-0.15, -0.1) is 0 Å². The van der Waals surface area contributed by atoms with E-state index >= 15 is 0 Å². The molecular weight excluding hydrogens is 168 g/mol. The van der Waals surface area contributed by atoms with Crippen molar-refractivity contribution in [3.05, 3.63) is 0 Å². The van der Waals surface area contributed by atoms with Crippen LogP contribution in [0.5, 0.6) is 0 Å². The minimum absolute atomic E-state index is 0.158. The number of aliphatic hydroxyl groups is 1. The molecule has 0 aromatic carbocycles. The lowest BCUT2D eigenvalue weighted by atomic mass is 9.95. The van der Waals surface area contributed by atoms with Gasteiger partial charge in [-0.05, 0) is 24.7 Å². The van der Waals surface area contributed by atoms with E-state index in [1.807, 2.05) is 20.8 Å². The largest absolute Gasteiger partial charge is 0.481 e. The highest BCUT2D eigenvalue weighted by Gasteiger charge is 2.13. The van der Waals surface area contributed by atoms with Gasteiger partial charge in [-0.2, -0.15) is 0 Å². The third-order valence-electron chi connectivity index (χ3n) is 2.25. The number of aliphatic carboxylic acids is 1. The highest BCUT2D eigenvalue weighted by atomic mass is 16.4. The monoisotopic (exact) mass is 188 g/mol. The molecule has 0 saturated carbocycles. The van der Waals surface area contributed by atoms with Crippen LogP contribution in [0, 0.1) is 11.8 Å². The van der Waals surface area contributed by atoms with Crippen molar-refractivity contribution in [1.82, 2.24) is 0 Å². The van der Waals surface area contributed by atoms with Crippen molar-refractivity contribution in [3.8, 4) is 0 Å². The minimum Gasteiger partial charge on any atom is -0.481 e. The van der Waals surface area contributed by atoms with Crippen LogP contribution in [0.4, 0.5) is 0 Å². The molecule has 0 fully saturated rings. The third-order valence-corrected chi connectivity index (χ3v) is 2.25. The molecule has 2 N–H and O–H groups in total. The molecule has 0 aliphatic rings. The maximum Gasteiger partial charge on any atom is 0.303 e. The van der Waals surface area contributed by atoms with Crippen LogP contribution >= 0.6 is 0 Å². The Morgan fingerprint density at radius 2 is 1.77 bits per heavy atom. The molecule has 3 nitrogen and oxygen atoms in total. The zero-order valence-corrected chi connectivity index (χ0v) is 8.66. The van der Waals surface area contributed by atoms with E-state index in [-0.39, 0.29) is 24.4 Å². The van der Waals surface area contributed by atoms with Gasteiger partial charge in [0.05, 0.1) is 6.10 Å². The first kappa shape index (κ1) is 12.4. The molecule has 0 rings (SSSR count). The second kappa shape index (κ2) is 5.97. The number of hydrogen-bond donors (Lipinski definition) is 2. The maximum atomic E-state index is 10.3. The van der Waals surface area contributed by atoms with Crippen molar-refractivity contribution in [2.75, 3.05) is 0 Å². The Kier molecular flexibility index (Phi) is 5.71. The van der Waals surface area contributed by atoms with Gasteiger partial charge in [-0.3, -0.25) is 4.79 Å². The minimum atomic E-state index is -0.758. The fourth-order valence-corrected chi connectivity index (χ4v) is 1.19. The summed E-state index contributed by atoms with van der Waals surface area (Å²) in [6, 6.07) is 0. The fraction of sp³-hybridized carbons (Fsp3) is 0.900. The van der Waals surface area contributed by atoms with Crippen molar-refractivity contribution in [2.24, 2.45) is 11.8 Å². The average molecular weight is 188 g/mol. The van der Waals surface area contributed by atoms with Crippen molar-refractivity contribution in [2.45, 2.75) is 46.1 Å². The van der Waals surface area contributed by atoms with Crippen LogP contribution in [0.25, 0.3) is 0 Å². The fourth-order valence-electron chi connectivity index (χ4n) is 1.19. The summed E-state index contributed by atoms with van der Waals surface area (Å²) in [5, 5.41) is 18.0. The number of carbonyl (C=O) groups is 1. The van der Waals surface area contributed by atoms with Crippen LogP contribution in [0.1, 0.15) is 40.0 Å². The Hall–Kier alpha value is -0.570. The molecule has 0 aromatic rings. The van der Waals surface area contributed by atoms with Gasteiger partial charge >= 0.3 is 5.97 Å². The molecule has 2 atom stereocenters. The van der Waals surface area contributed by atoms with E-state index in [2.05, 4.69) is 0 Å². The Labute approximate surface area is 79.8 Å². The summed E-state index contributed by atoms with van der Waals surface area (Å²) in [6.45, 7) is 5.83. The van der Waals surface area contributed by atoms with Gasteiger partial charge in [0, 0.05) is 6.42 Å². The Morgan fingerprint density at radius 1 is 1.23 bits per heavy atom. The lowest BCUT2D eigenvalue weighted by Gasteiger charge is -2.16. The lowest BCUT2D eigenvalue weighted by Crippen LogP contribution is -2.16. The summed E-state index contributed by atoms with van der Waals surface area (Å²) in [5.41, 5.74) is 0. The molecule has 0 aromatic heterocycles. The van der Waals surface area contributed by atoms with E-state index in [9.17, 15) is 9.90 Å². The number of rotatable bonds is 6. The quantitative estimate of drug-likeness (QED) is 0.669. The second-order valence-corrected chi connectivity index (χ2v) is 4.09. The molecule has 0 amide bonds. The summed E-state index contributed by atoms with van der Waals surface area (Å²) in [6.07, 6.45) is 1.39. The highest BCUT2D eigenvalue weighted by Crippen LogP contribution is 2.15. The van der Waals surface area contributed by atoms with Crippen molar-refractivity contribution >= 4 is 5.97 Å². The van der Waals surface area contributed by atoms with Crippen molar-refractivity contribution in [3.63, 3.8) is 0 Å². The topological polar surface area (TPSA) is 57.5 Å². The predicted molar refractivity (Wildman–Crippen MR) is 51.5 cm³/mol. The van der Waals surface area contributed by atoms with Crippen LogP contribution in [-0.4, -0.2) is 22.3 Å². The second-order valence-electron chi connectivity index (χ2n) is 4.09. The normalized spacial score (nSPS) is 15.8. The molecule has 0 radical (unpaired) electrons. The zero-order chi connectivity index (χ0) is 10.4. The average Bonchev–Trinajstić information content (AvgIpc) is 1.98. The molecular formula is C10H20O3. The SMILES string of the molecule is CC(C)[C@@H](O)CC[C@@H](C)CC(=O)O. The Balaban J connectivity index is 3.57. The van der Waals surface area contributed by atoms with Crippen LogP contribution in [0.2, 0.25) is 0 Å². The molecule has 0 saturated heterocycles. The van der Waals surface area contributed by atoms with Crippen LogP contribution in [-0.2, 0) is 4.79 Å². The van der Waals surface area contributed by atoms with Crippen LogP contribution in [0.3, 0.4) is 0 Å². The van der Waals surface area contributed by atoms with Crippen LogP contribution in [0.15, 0.2) is 0 Å². The summed E-state index contributed by atoms with van der Waals surface area (Å²) in [5.74, 6) is -0.338. The molecule has 78 valence electrons. The summed E-state index contributed by atoms with van der Waals surface area (Å²) in [4.78, 5) is 10.3. The Morgan fingerprint density at radius 3 is 2.15 bits per heavy atom. The van der Waals surface area contributed by atoms with Gasteiger partial charge in [0.2, 0.25) is 0 Å². The first-order valence-electron chi connectivity index (χ1n) is 4.83. The third kappa shape index (κ3) is 6.58. The molecule has 0 aliphatic carbocycles. The maximum absolute atomic E-state index is 10.3. The summed E-state index contributed by atoms with van der Waals surface area (Å²) < 4.78 is 0. The molecule has 0 unspecified atom stereocenters. The van der Waals surface area contributed by atoms with Gasteiger partial charge < -0.3 is 10.2 Å². The predicted octanol–water partition coefficient (Wildman–Crippen LogP) is 1.89. The van der Waals surface area contributed by atoms with Gasteiger partial charge in [0.1, 0.15) is 0 Å². The van der Waals surface area contributed by atoms with E-state index in [1.54, 1.807) is 0 Å². The Bertz CT molecular complexity index is 154. The number of carboxylic acids is 1. The van der Waals surface area contributed by atoms with Crippen molar-refractivity contribution < 1.29 is 15.0 Å². The zero-order valence-electron chi connectivity index (χ0n) is 8.66. The van der Waals surface area contributed by atoms with E-state index in [0.29, 0.717) is 6.42 Å². The first-order chi connectivity index (χ1) is 5.93. The van der Waals surface area contributed by atoms with Crippen LogP contribution < -0.4 is 0 Å². The summed E-state index contributed by atoms with van der Waals surface area (Å²) >= 11 is 0. The molecule has 0 aliphatic heterocycles. The lowest BCUT2D eigenvalue weighted by molar-refractivity contribution is -0.138. The van der Waals surface area contributed by atoms with E-state index in [1.165, 1.54) is 0 Å². The summed E-state index contributed by atoms with van der Waals surface area (Å²) in [7, 11) is 0. The van der Waals surface area contributed by atoms with Gasteiger partial charge in [0.15, 0.2) is 0 Å². The molecule has 0 spiro atoms. The molecule has 0 heterocycles. The van der Waals surface area contributed by atoms with E-state index in [0.717, 1.165) is 6.42 Å². The number of carboxylic acid groups (broad SMARTS) is 1. The molecule has 0 bridgehead atoms. The van der Waals surface area contributed by atoms with Gasteiger partial charge in [-0.25, -0.2) is 0 Å². The van der Waals surface area contributed by atoms with E-state index < -0.39 is 5.97 Å². The molecule has 13 heavy (non-hydrogen) atoms.